The van der Waals surface area contributed by atoms with Crippen molar-refractivity contribution in [3.05, 3.63) is 0 Å². The van der Waals surface area contributed by atoms with Crippen LogP contribution in [0.4, 0.5) is 0 Å². The molecule has 19 heavy (non-hydrogen) atoms. The summed E-state index contributed by atoms with van der Waals surface area (Å²) in [5, 5.41) is 0. The molecule has 19 heteroatoms. The van der Waals surface area contributed by atoms with E-state index in [0.717, 1.165) is 0 Å². The maximum absolute atomic E-state index is 8.88. The number of phosphoric acid groups is 1. The topological polar surface area (TPSA) is 456 Å². The van der Waals surface area contributed by atoms with E-state index in [1.165, 1.54) is 0 Å². The van der Waals surface area contributed by atoms with Crippen molar-refractivity contribution in [2.24, 2.45) is 0 Å². The standard InChI is InChI=1S/2Na.H3O4P.12H2O/c;;1-5(2,3)4;;;;;;;;;;;;/h;;(H3,1,2,3,4);12*1H2/q2*+1;;;;;;;;;;;;;. The summed E-state index contributed by atoms with van der Waals surface area (Å²) < 4.78 is 8.88. The Morgan fingerprint density at radius 3 is 0.421 bits per heavy atom. The summed E-state index contributed by atoms with van der Waals surface area (Å²) in [5.74, 6) is 0. The fourth-order valence-electron chi connectivity index (χ4n) is 0. The molecule has 0 rings (SSSR count). The zero-order chi connectivity index (χ0) is 4.50. The van der Waals surface area contributed by atoms with Crippen molar-refractivity contribution in [1.29, 1.82) is 0 Å². The molecule has 0 bridgehead atoms. The normalized spacial score (nSPS) is 3.11. The van der Waals surface area contributed by atoms with Crippen LogP contribution in [0.25, 0.3) is 0 Å². The first-order chi connectivity index (χ1) is 2.00. The molecule has 0 saturated heterocycles. The van der Waals surface area contributed by atoms with Crippen molar-refractivity contribution in [1.82, 2.24) is 0 Å². The second kappa shape index (κ2) is 117. The molecule has 0 aromatic heterocycles. The van der Waals surface area contributed by atoms with Gasteiger partial charge < -0.3 is 80.4 Å². The Bertz CT molecular complexity index is 60.9. The maximum atomic E-state index is 8.88. The van der Waals surface area contributed by atoms with E-state index < -0.39 is 7.82 Å². The van der Waals surface area contributed by atoms with Crippen LogP contribution < -0.4 is 59.1 Å². The van der Waals surface area contributed by atoms with Crippen LogP contribution in [0.3, 0.4) is 0 Å². The van der Waals surface area contributed by atoms with Gasteiger partial charge in [0.1, 0.15) is 0 Å². The first-order valence-corrected chi connectivity index (χ1v) is 2.35. The Hall–Kier alpha value is 1.63. The average molecular weight is 360 g/mol. The summed E-state index contributed by atoms with van der Waals surface area (Å²) >= 11 is 0. The molecule has 0 saturated carbocycles. The van der Waals surface area contributed by atoms with Gasteiger partial charge in [-0.15, -0.1) is 0 Å². The molecule has 0 aliphatic heterocycles. The van der Waals surface area contributed by atoms with Gasteiger partial charge in [-0.1, -0.05) is 0 Å². The van der Waals surface area contributed by atoms with E-state index in [2.05, 4.69) is 0 Å². The van der Waals surface area contributed by atoms with Crippen molar-refractivity contribution in [2.75, 3.05) is 0 Å². The maximum Gasteiger partial charge on any atom is 1.00 e. The number of hydrogen-bond acceptors (Lipinski definition) is 1. The molecule has 16 nitrogen and oxygen atoms in total. The monoisotopic (exact) mass is 360 g/mol. The third-order valence-corrected chi connectivity index (χ3v) is 0. The number of rotatable bonds is 0. The summed E-state index contributed by atoms with van der Waals surface area (Å²) in [4.78, 5) is 21.6. The fourth-order valence-corrected chi connectivity index (χ4v) is 0. The molecule has 0 radical (unpaired) electrons. The summed E-state index contributed by atoms with van der Waals surface area (Å²) in [6, 6.07) is 0. The summed E-state index contributed by atoms with van der Waals surface area (Å²) in [6.07, 6.45) is 0. The first kappa shape index (κ1) is 251. The fraction of sp³-hybridized carbons (Fsp3) is 0. The first-order valence-electron chi connectivity index (χ1n) is 0.783. The van der Waals surface area contributed by atoms with E-state index >= 15 is 0 Å². The van der Waals surface area contributed by atoms with E-state index in [1.807, 2.05) is 0 Å². The van der Waals surface area contributed by atoms with Crippen LogP contribution in [-0.2, 0) is 4.57 Å². The molecule has 0 fully saturated rings. The van der Waals surface area contributed by atoms with Gasteiger partial charge in [0.2, 0.25) is 0 Å². The third kappa shape index (κ3) is 2300. The van der Waals surface area contributed by atoms with Gasteiger partial charge in [-0.25, -0.2) is 4.57 Å². The molecule has 0 spiro atoms. The molecular formula is H27Na2O16P+2. The van der Waals surface area contributed by atoms with Crippen LogP contribution in [-0.4, -0.2) is 80.4 Å². The Morgan fingerprint density at radius 1 is 0.421 bits per heavy atom. The predicted octanol–water partition coefficient (Wildman–Crippen LogP) is -16.8. The van der Waals surface area contributed by atoms with Gasteiger partial charge in [-0.2, -0.15) is 0 Å². The minimum atomic E-state index is -4.64. The van der Waals surface area contributed by atoms with E-state index in [9.17, 15) is 0 Å². The van der Waals surface area contributed by atoms with Crippen LogP contribution in [0, 0.1) is 0 Å². The van der Waals surface area contributed by atoms with Crippen LogP contribution in [0.15, 0.2) is 0 Å². The molecule has 0 aromatic carbocycles. The van der Waals surface area contributed by atoms with Crippen molar-refractivity contribution < 1.29 is 144 Å². The van der Waals surface area contributed by atoms with Gasteiger partial charge in [0.05, 0.1) is 0 Å². The van der Waals surface area contributed by atoms with E-state index in [-0.39, 0.29) is 125 Å². The molecule has 0 aromatic rings. The zero-order valence-electron chi connectivity index (χ0n) is 10.2. The summed E-state index contributed by atoms with van der Waals surface area (Å²) in [5.41, 5.74) is 0. The molecule has 0 heterocycles. The second-order valence-electron chi connectivity index (χ2n) is 0.513. The Balaban J connectivity index is -0.000000000879. The smallest absolute Gasteiger partial charge is 0.412 e. The molecule has 0 amide bonds. The summed E-state index contributed by atoms with van der Waals surface area (Å²) in [6.45, 7) is 0. The van der Waals surface area contributed by atoms with Crippen molar-refractivity contribution in [2.45, 2.75) is 0 Å². The van der Waals surface area contributed by atoms with Gasteiger partial charge in [-0.05, 0) is 0 Å². The zero-order valence-corrected chi connectivity index (χ0v) is 15.1. The SMILES string of the molecule is O.O.O.O.O.O.O.O.O.O.O.O.O=P(O)(O)O.[Na+].[Na+]. The summed E-state index contributed by atoms with van der Waals surface area (Å²) in [7, 11) is -4.64. The largest absolute Gasteiger partial charge is 1.00 e. The van der Waals surface area contributed by atoms with E-state index in [4.69, 9.17) is 19.2 Å². The molecule has 0 aliphatic rings. The Labute approximate surface area is 151 Å². The molecule has 128 valence electrons. The van der Waals surface area contributed by atoms with Crippen molar-refractivity contribution in [3.63, 3.8) is 0 Å². The van der Waals surface area contributed by atoms with E-state index in [0.29, 0.717) is 0 Å². The minimum Gasteiger partial charge on any atom is -0.412 e. The average Bonchev–Trinajstić information content (AvgIpc) is 0.722. The second-order valence-corrected chi connectivity index (χ2v) is 1.54. The van der Waals surface area contributed by atoms with Crippen molar-refractivity contribution in [3.8, 4) is 0 Å². The van der Waals surface area contributed by atoms with Gasteiger partial charge >= 0.3 is 66.9 Å². The molecule has 0 atom stereocenters. The van der Waals surface area contributed by atoms with Gasteiger partial charge in [0.15, 0.2) is 0 Å². The third-order valence-electron chi connectivity index (χ3n) is 0. The minimum absolute atomic E-state index is 0. The Morgan fingerprint density at radius 2 is 0.421 bits per heavy atom. The molecular weight excluding hydrogens is 333 g/mol. The quantitative estimate of drug-likeness (QED) is 0.279. The van der Waals surface area contributed by atoms with Crippen molar-refractivity contribution >= 4 is 7.82 Å². The van der Waals surface area contributed by atoms with Crippen LogP contribution >= 0.6 is 7.82 Å². The Kier molecular flexibility index (Phi) is 1540. The molecule has 0 aliphatic carbocycles. The number of hydrogen-bond donors (Lipinski definition) is 3. The van der Waals surface area contributed by atoms with Gasteiger partial charge in [0.25, 0.3) is 0 Å². The predicted molar refractivity (Wildman–Crippen MR) is 57.6 cm³/mol. The van der Waals surface area contributed by atoms with Gasteiger partial charge in [0, 0.05) is 0 Å². The van der Waals surface area contributed by atoms with Crippen LogP contribution in [0.1, 0.15) is 0 Å². The van der Waals surface area contributed by atoms with Crippen LogP contribution in [0.5, 0.6) is 0 Å². The molecule has 27 N–H and O–H groups in total. The molecule has 0 unspecified atom stereocenters. The van der Waals surface area contributed by atoms with Crippen LogP contribution in [0.2, 0.25) is 0 Å². The van der Waals surface area contributed by atoms with E-state index in [1.54, 1.807) is 0 Å². The van der Waals surface area contributed by atoms with Gasteiger partial charge in [-0.3, -0.25) is 0 Å².